The molecule has 0 saturated carbocycles. The minimum absolute atomic E-state index is 0.0490. The van der Waals surface area contributed by atoms with Crippen LogP contribution < -0.4 is 10.6 Å². The normalized spacial score (nSPS) is 29.4. The number of aliphatic hydroxyl groups excluding tert-OH is 1. The van der Waals surface area contributed by atoms with Gasteiger partial charge in [-0.15, -0.1) is 0 Å². The minimum Gasteiger partial charge on any atom is -0.388 e. The standard InChI is InChI=1S/C17H18N2O3S/c20-14-9-22-15-13(8-21-16(14)15)19-17(23)18-12-7-3-5-10-4-1-2-6-11(10)12/h1-7,13-16,20H,8-9H2,(H2,18,19,23). The predicted molar refractivity (Wildman–Crippen MR) is 92.6 cm³/mol. The van der Waals surface area contributed by atoms with E-state index in [1.54, 1.807) is 0 Å². The maximum Gasteiger partial charge on any atom is 0.171 e. The van der Waals surface area contributed by atoms with Gasteiger partial charge >= 0.3 is 0 Å². The second-order valence-electron chi connectivity index (χ2n) is 5.89. The lowest BCUT2D eigenvalue weighted by Crippen LogP contribution is -2.45. The fraction of sp³-hybridized carbons (Fsp3) is 0.353. The lowest BCUT2D eigenvalue weighted by atomic mass is 10.1. The molecule has 2 aromatic rings. The summed E-state index contributed by atoms with van der Waals surface area (Å²) in [6, 6.07) is 14.2. The van der Waals surface area contributed by atoms with Crippen molar-refractivity contribution in [2.24, 2.45) is 0 Å². The smallest absolute Gasteiger partial charge is 0.171 e. The van der Waals surface area contributed by atoms with Crippen molar-refractivity contribution in [3.8, 4) is 0 Å². The zero-order valence-electron chi connectivity index (χ0n) is 12.4. The third-order valence-electron chi connectivity index (χ3n) is 4.38. The molecule has 5 nitrogen and oxygen atoms in total. The van der Waals surface area contributed by atoms with E-state index in [1.165, 1.54) is 0 Å². The van der Waals surface area contributed by atoms with Gasteiger partial charge in [0.05, 0.1) is 19.3 Å². The van der Waals surface area contributed by atoms with Gasteiger partial charge in [0.1, 0.15) is 18.3 Å². The summed E-state index contributed by atoms with van der Waals surface area (Å²) in [6.45, 7) is 0.792. The average Bonchev–Trinajstić information content (AvgIpc) is 3.12. The maximum absolute atomic E-state index is 9.78. The van der Waals surface area contributed by atoms with Crippen molar-refractivity contribution < 1.29 is 14.6 Å². The van der Waals surface area contributed by atoms with Crippen molar-refractivity contribution in [1.29, 1.82) is 0 Å². The van der Waals surface area contributed by atoms with Gasteiger partial charge in [-0.25, -0.2) is 0 Å². The Morgan fingerprint density at radius 1 is 1.04 bits per heavy atom. The van der Waals surface area contributed by atoms with Gasteiger partial charge in [-0.2, -0.15) is 0 Å². The van der Waals surface area contributed by atoms with E-state index in [0.29, 0.717) is 18.3 Å². The van der Waals surface area contributed by atoms with Gasteiger partial charge in [0.15, 0.2) is 5.11 Å². The van der Waals surface area contributed by atoms with E-state index in [4.69, 9.17) is 21.7 Å². The number of hydrogen-bond donors (Lipinski definition) is 3. The first-order chi connectivity index (χ1) is 11.2. The van der Waals surface area contributed by atoms with Gasteiger partial charge in [0.25, 0.3) is 0 Å². The SMILES string of the molecule is OC1COC2C(NC(=S)Nc3cccc4ccccc34)COC12. The number of hydrogen-bond acceptors (Lipinski definition) is 4. The topological polar surface area (TPSA) is 62.8 Å². The zero-order valence-corrected chi connectivity index (χ0v) is 13.3. The van der Waals surface area contributed by atoms with Crippen LogP contribution in [0.5, 0.6) is 0 Å². The van der Waals surface area contributed by atoms with Gasteiger partial charge in [-0.1, -0.05) is 36.4 Å². The highest BCUT2D eigenvalue weighted by Gasteiger charge is 2.47. The van der Waals surface area contributed by atoms with Crippen LogP contribution in [0.2, 0.25) is 0 Å². The zero-order chi connectivity index (χ0) is 15.8. The summed E-state index contributed by atoms with van der Waals surface area (Å²) in [5.74, 6) is 0. The van der Waals surface area contributed by atoms with E-state index < -0.39 is 6.10 Å². The Morgan fingerprint density at radius 2 is 1.83 bits per heavy atom. The van der Waals surface area contributed by atoms with Crippen LogP contribution in [0, 0.1) is 0 Å². The monoisotopic (exact) mass is 330 g/mol. The van der Waals surface area contributed by atoms with E-state index in [2.05, 4.69) is 28.8 Å². The fourth-order valence-electron chi connectivity index (χ4n) is 3.26. The lowest BCUT2D eigenvalue weighted by Gasteiger charge is -2.20. The number of thiocarbonyl (C=S) groups is 1. The van der Waals surface area contributed by atoms with Crippen LogP contribution in [0.4, 0.5) is 5.69 Å². The maximum atomic E-state index is 9.78. The molecule has 0 aromatic heterocycles. The molecule has 0 bridgehead atoms. The average molecular weight is 330 g/mol. The van der Waals surface area contributed by atoms with E-state index in [0.717, 1.165) is 16.5 Å². The highest BCUT2D eigenvalue weighted by molar-refractivity contribution is 7.80. The number of fused-ring (bicyclic) bond motifs is 2. The van der Waals surface area contributed by atoms with Crippen LogP contribution >= 0.6 is 12.2 Å². The number of ether oxygens (including phenoxy) is 2. The third kappa shape index (κ3) is 2.79. The first-order valence-electron chi connectivity index (χ1n) is 7.69. The Bertz CT molecular complexity index is 733. The van der Waals surface area contributed by atoms with Crippen LogP contribution in [0.15, 0.2) is 42.5 Å². The summed E-state index contributed by atoms with van der Waals surface area (Å²) in [6.07, 6.45) is -0.962. The second kappa shape index (κ2) is 6.05. The number of rotatable bonds is 2. The molecule has 2 fully saturated rings. The van der Waals surface area contributed by atoms with Crippen LogP contribution in [-0.4, -0.2) is 47.8 Å². The summed E-state index contributed by atoms with van der Waals surface area (Å²) in [5.41, 5.74) is 0.962. The molecular weight excluding hydrogens is 312 g/mol. The molecule has 0 spiro atoms. The highest BCUT2D eigenvalue weighted by atomic mass is 32.1. The molecule has 4 unspecified atom stereocenters. The van der Waals surface area contributed by atoms with Crippen LogP contribution in [0.25, 0.3) is 10.8 Å². The van der Waals surface area contributed by atoms with Gasteiger partial charge in [-0.05, 0) is 23.7 Å². The molecule has 0 aliphatic carbocycles. The third-order valence-corrected chi connectivity index (χ3v) is 4.60. The summed E-state index contributed by atoms with van der Waals surface area (Å²) in [7, 11) is 0. The fourth-order valence-corrected chi connectivity index (χ4v) is 3.53. The molecule has 2 heterocycles. The largest absolute Gasteiger partial charge is 0.388 e. The van der Waals surface area contributed by atoms with Crippen LogP contribution in [0.1, 0.15) is 0 Å². The molecule has 120 valence electrons. The molecule has 2 aliphatic rings. The Kier molecular flexibility index (Phi) is 3.90. The molecule has 2 saturated heterocycles. The quantitative estimate of drug-likeness (QED) is 0.728. The molecule has 2 aliphatic heterocycles. The molecule has 23 heavy (non-hydrogen) atoms. The summed E-state index contributed by atoms with van der Waals surface area (Å²) < 4.78 is 11.2. The molecule has 2 aromatic carbocycles. The highest BCUT2D eigenvalue weighted by Crippen LogP contribution is 2.27. The molecule has 4 atom stereocenters. The summed E-state index contributed by atoms with van der Waals surface area (Å²) in [5, 5.41) is 19.1. The van der Waals surface area contributed by atoms with E-state index >= 15 is 0 Å². The van der Waals surface area contributed by atoms with Gasteiger partial charge in [-0.3, -0.25) is 0 Å². The number of anilines is 1. The molecule has 0 amide bonds. The van der Waals surface area contributed by atoms with E-state index in [9.17, 15) is 5.11 Å². The minimum atomic E-state index is -0.550. The van der Waals surface area contributed by atoms with Crippen molar-refractivity contribution in [1.82, 2.24) is 5.32 Å². The van der Waals surface area contributed by atoms with Gasteiger partial charge in [0, 0.05) is 11.1 Å². The Hall–Kier alpha value is -1.73. The Morgan fingerprint density at radius 3 is 2.74 bits per heavy atom. The molecule has 4 rings (SSSR count). The summed E-state index contributed by atoms with van der Waals surface area (Å²) >= 11 is 5.43. The molecule has 3 N–H and O–H groups in total. The van der Waals surface area contributed by atoms with Crippen molar-refractivity contribution in [3.63, 3.8) is 0 Å². The van der Waals surface area contributed by atoms with Crippen LogP contribution in [-0.2, 0) is 9.47 Å². The first kappa shape index (κ1) is 14.8. The van der Waals surface area contributed by atoms with Crippen LogP contribution in [0.3, 0.4) is 0 Å². The predicted octanol–water partition coefficient (Wildman–Crippen LogP) is 1.65. The van der Waals surface area contributed by atoms with Gasteiger partial charge in [0.2, 0.25) is 0 Å². The van der Waals surface area contributed by atoms with Crippen molar-refractivity contribution in [2.75, 3.05) is 18.5 Å². The van der Waals surface area contributed by atoms with Gasteiger partial charge < -0.3 is 25.2 Å². The Balaban J connectivity index is 1.46. The lowest BCUT2D eigenvalue weighted by molar-refractivity contribution is 0.0180. The molecule has 0 radical (unpaired) electrons. The van der Waals surface area contributed by atoms with Crippen molar-refractivity contribution in [3.05, 3.63) is 42.5 Å². The summed E-state index contributed by atoms with van der Waals surface area (Å²) in [4.78, 5) is 0. The Labute approximate surface area is 139 Å². The van der Waals surface area contributed by atoms with Crippen molar-refractivity contribution in [2.45, 2.75) is 24.4 Å². The number of nitrogens with one attached hydrogen (secondary N) is 2. The first-order valence-corrected chi connectivity index (χ1v) is 8.10. The van der Waals surface area contributed by atoms with Crippen molar-refractivity contribution >= 4 is 33.8 Å². The van der Waals surface area contributed by atoms with E-state index in [-0.39, 0.29) is 18.2 Å². The number of aliphatic hydroxyl groups is 1. The van der Waals surface area contributed by atoms with E-state index in [1.807, 2.05) is 24.3 Å². The molecule has 6 heteroatoms. The number of benzene rings is 2. The molecular formula is C17H18N2O3S. The second-order valence-corrected chi connectivity index (χ2v) is 6.30.